The SMILES string of the molecule is O=C1NC(=O)C(c2ccc(Cc3ccc[nH]3)[nH]2)=C1Br. The fraction of sp³-hybridized carbons (Fsp3) is 0.0769. The van der Waals surface area contributed by atoms with Gasteiger partial charge in [-0.2, -0.15) is 0 Å². The van der Waals surface area contributed by atoms with E-state index in [1.54, 1.807) is 6.07 Å². The first-order valence-corrected chi connectivity index (χ1v) is 6.50. The van der Waals surface area contributed by atoms with Crippen LogP contribution in [-0.2, 0) is 16.0 Å². The summed E-state index contributed by atoms with van der Waals surface area (Å²) in [6, 6.07) is 7.62. The van der Waals surface area contributed by atoms with E-state index in [-0.39, 0.29) is 10.4 Å². The van der Waals surface area contributed by atoms with E-state index in [0.29, 0.717) is 17.7 Å². The Kier molecular flexibility index (Phi) is 2.87. The molecule has 0 fully saturated rings. The van der Waals surface area contributed by atoms with Crippen molar-refractivity contribution in [2.24, 2.45) is 0 Å². The zero-order chi connectivity index (χ0) is 13.4. The molecule has 1 aliphatic heterocycles. The largest absolute Gasteiger partial charge is 0.365 e. The van der Waals surface area contributed by atoms with Crippen LogP contribution in [-0.4, -0.2) is 21.8 Å². The van der Waals surface area contributed by atoms with Crippen LogP contribution in [0.1, 0.15) is 17.1 Å². The summed E-state index contributed by atoms with van der Waals surface area (Å²) in [5, 5.41) is 2.24. The standard InChI is InChI=1S/C13H10BrN3O2/c14-11-10(12(18)17-13(11)19)9-4-3-8(16-9)6-7-2-1-5-15-7/h1-5,15-16H,6H2,(H,17,18,19). The van der Waals surface area contributed by atoms with Crippen LogP contribution in [0.3, 0.4) is 0 Å². The smallest absolute Gasteiger partial charge is 0.266 e. The number of H-pyrrole nitrogens is 2. The van der Waals surface area contributed by atoms with E-state index in [1.807, 2.05) is 24.4 Å². The first kappa shape index (κ1) is 12.0. The van der Waals surface area contributed by atoms with Gasteiger partial charge in [0.15, 0.2) is 0 Å². The number of imide groups is 1. The number of rotatable bonds is 3. The maximum Gasteiger partial charge on any atom is 0.266 e. The molecule has 3 heterocycles. The summed E-state index contributed by atoms with van der Waals surface area (Å²) in [5.41, 5.74) is 3.03. The molecule has 19 heavy (non-hydrogen) atoms. The van der Waals surface area contributed by atoms with E-state index in [4.69, 9.17) is 0 Å². The molecule has 5 nitrogen and oxygen atoms in total. The van der Waals surface area contributed by atoms with Crippen molar-refractivity contribution in [3.63, 3.8) is 0 Å². The maximum absolute atomic E-state index is 11.7. The normalized spacial score (nSPS) is 15.2. The average Bonchev–Trinajstić information content (AvgIpc) is 3.05. The number of aromatic amines is 2. The third kappa shape index (κ3) is 2.15. The predicted octanol–water partition coefficient (Wildman–Crippen LogP) is 1.70. The number of hydrogen-bond acceptors (Lipinski definition) is 2. The second-order valence-electron chi connectivity index (χ2n) is 4.24. The van der Waals surface area contributed by atoms with Gasteiger partial charge in [-0.05, 0) is 40.2 Å². The maximum atomic E-state index is 11.7. The van der Waals surface area contributed by atoms with Crippen molar-refractivity contribution >= 4 is 33.3 Å². The minimum absolute atomic E-state index is 0.269. The first-order chi connectivity index (χ1) is 9.15. The number of hydrogen-bond donors (Lipinski definition) is 3. The summed E-state index contributed by atoms with van der Waals surface area (Å²) in [7, 11) is 0. The van der Waals surface area contributed by atoms with E-state index in [9.17, 15) is 9.59 Å². The van der Waals surface area contributed by atoms with Crippen LogP contribution in [0.15, 0.2) is 34.9 Å². The van der Waals surface area contributed by atoms with Crippen LogP contribution in [0.5, 0.6) is 0 Å². The highest BCUT2D eigenvalue weighted by Crippen LogP contribution is 2.27. The summed E-state index contributed by atoms with van der Waals surface area (Å²) in [6.45, 7) is 0. The number of aromatic nitrogens is 2. The van der Waals surface area contributed by atoms with Gasteiger partial charge in [0.25, 0.3) is 11.8 Å². The van der Waals surface area contributed by atoms with Crippen molar-refractivity contribution in [3.8, 4) is 0 Å². The Balaban J connectivity index is 1.90. The molecule has 96 valence electrons. The van der Waals surface area contributed by atoms with Gasteiger partial charge in [0, 0.05) is 24.0 Å². The van der Waals surface area contributed by atoms with E-state index < -0.39 is 5.91 Å². The Morgan fingerprint density at radius 3 is 2.53 bits per heavy atom. The molecule has 0 atom stereocenters. The van der Waals surface area contributed by atoms with Gasteiger partial charge in [0.2, 0.25) is 0 Å². The van der Waals surface area contributed by atoms with E-state index >= 15 is 0 Å². The third-order valence-corrected chi connectivity index (χ3v) is 3.69. The average molecular weight is 320 g/mol. The number of halogens is 1. The zero-order valence-corrected chi connectivity index (χ0v) is 11.4. The lowest BCUT2D eigenvalue weighted by Crippen LogP contribution is -2.22. The molecule has 3 N–H and O–H groups in total. The second-order valence-corrected chi connectivity index (χ2v) is 5.03. The van der Waals surface area contributed by atoms with Gasteiger partial charge in [-0.3, -0.25) is 14.9 Å². The van der Waals surface area contributed by atoms with E-state index in [2.05, 4.69) is 31.2 Å². The monoisotopic (exact) mass is 319 g/mol. The van der Waals surface area contributed by atoms with Crippen LogP contribution >= 0.6 is 15.9 Å². The summed E-state index contributed by atoms with van der Waals surface area (Å²) < 4.78 is 0.269. The first-order valence-electron chi connectivity index (χ1n) is 5.71. The molecule has 2 aromatic rings. The van der Waals surface area contributed by atoms with Gasteiger partial charge in [0.1, 0.15) is 0 Å². The van der Waals surface area contributed by atoms with Gasteiger partial charge in [0.05, 0.1) is 15.7 Å². The molecule has 0 aliphatic carbocycles. The lowest BCUT2D eigenvalue weighted by atomic mass is 10.2. The predicted molar refractivity (Wildman–Crippen MR) is 73.4 cm³/mol. The van der Waals surface area contributed by atoms with Crippen molar-refractivity contribution in [2.75, 3.05) is 0 Å². The molecular weight excluding hydrogens is 310 g/mol. The molecule has 0 aromatic carbocycles. The van der Waals surface area contributed by atoms with Gasteiger partial charge >= 0.3 is 0 Å². The number of carbonyl (C=O) groups is 2. The van der Waals surface area contributed by atoms with E-state index in [1.165, 1.54) is 0 Å². The topological polar surface area (TPSA) is 77.8 Å². The van der Waals surface area contributed by atoms with Crippen molar-refractivity contribution in [3.05, 3.63) is 52.0 Å². The van der Waals surface area contributed by atoms with Gasteiger partial charge in [-0.1, -0.05) is 0 Å². The number of nitrogens with one attached hydrogen (secondary N) is 3. The van der Waals surface area contributed by atoms with Crippen molar-refractivity contribution in [2.45, 2.75) is 6.42 Å². The fourth-order valence-electron chi connectivity index (χ4n) is 2.05. The van der Waals surface area contributed by atoms with Gasteiger partial charge in [-0.25, -0.2) is 0 Å². The molecule has 0 radical (unpaired) electrons. The van der Waals surface area contributed by atoms with Crippen molar-refractivity contribution in [1.82, 2.24) is 15.3 Å². The minimum atomic E-state index is -0.402. The van der Waals surface area contributed by atoms with Crippen LogP contribution < -0.4 is 5.32 Å². The molecule has 0 bridgehead atoms. The van der Waals surface area contributed by atoms with Crippen LogP contribution in [0.25, 0.3) is 5.57 Å². The molecule has 2 amide bonds. The molecule has 0 spiro atoms. The second kappa shape index (κ2) is 4.55. The van der Waals surface area contributed by atoms with Crippen LogP contribution in [0.4, 0.5) is 0 Å². The van der Waals surface area contributed by atoms with Crippen molar-refractivity contribution in [1.29, 1.82) is 0 Å². The highest BCUT2D eigenvalue weighted by Gasteiger charge is 2.30. The lowest BCUT2D eigenvalue weighted by molar-refractivity contribution is -0.123. The van der Waals surface area contributed by atoms with Gasteiger partial charge < -0.3 is 9.97 Å². The zero-order valence-electron chi connectivity index (χ0n) is 9.79. The Labute approximate surface area is 117 Å². The number of amides is 2. The third-order valence-electron chi connectivity index (χ3n) is 2.93. The van der Waals surface area contributed by atoms with Crippen LogP contribution in [0.2, 0.25) is 0 Å². The summed E-state index contributed by atoms with van der Waals surface area (Å²) in [5.74, 6) is -0.786. The summed E-state index contributed by atoms with van der Waals surface area (Å²) in [6.07, 6.45) is 2.58. The Morgan fingerprint density at radius 2 is 1.89 bits per heavy atom. The molecule has 0 unspecified atom stereocenters. The lowest BCUT2D eigenvalue weighted by Gasteiger charge is -1.98. The van der Waals surface area contributed by atoms with Crippen molar-refractivity contribution < 1.29 is 9.59 Å². The number of carbonyl (C=O) groups excluding carboxylic acids is 2. The molecule has 1 aliphatic rings. The van der Waals surface area contributed by atoms with E-state index in [0.717, 1.165) is 11.4 Å². The summed E-state index contributed by atoms with van der Waals surface area (Å²) >= 11 is 3.14. The Bertz CT molecular complexity index is 683. The van der Waals surface area contributed by atoms with Gasteiger partial charge in [-0.15, -0.1) is 0 Å². The highest BCUT2D eigenvalue weighted by molar-refractivity contribution is 9.12. The molecule has 0 saturated carbocycles. The van der Waals surface area contributed by atoms with Crippen LogP contribution in [0, 0.1) is 0 Å². The quantitative estimate of drug-likeness (QED) is 0.753. The molecular formula is C13H10BrN3O2. The Hall–Kier alpha value is -2.08. The molecule has 0 saturated heterocycles. The molecule has 6 heteroatoms. The Morgan fingerprint density at radius 1 is 1.05 bits per heavy atom. The summed E-state index contributed by atoms with van der Waals surface area (Å²) in [4.78, 5) is 29.3. The highest BCUT2D eigenvalue weighted by atomic mass is 79.9. The minimum Gasteiger partial charge on any atom is -0.365 e. The molecule has 3 rings (SSSR count). The fourth-order valence-corrected chi connectivity index (χ4v) is 2.54. The molecule has 2 aromatic heterocycles.